The number of hydrogen-bond donors (Lipinski definition) is 0. The van der Waals surface area contributed by atoms with Crippen molar-refractivity contribution in [1.82, 2.24) is 14.8 Å². The highest BCUT2D eigenvalue weighted by Crippen LogP contribution is 2.43. The van der Waals surface area contributed by atoms with Crippen LogP contribution in [0.2, 0.25) is 0 Å². The molecule has 1 fully saturated rings. The Bertz CT molecular complexity index is 860. The van der Waals surface area contributed by atoms with Gasteiger partial charge in [0, 0.05) is 18.2 Å². The Kier molecular flexibility index (Phi) is 4.16. The van der Waals surface area contributed by atoms with Gasteiger partial charge in [-0.3, -0.25) is 0 Å². The lowest BCUT2D eigenvalue weighted by Gasteiger charge is -2.24. The number of nitrogens with zero attached hydrogens (tertiary/aromatic N) is 3. The van der Waals surface area contributed by atoms with Crippen LogP contribution in [0.4, 0.5) is 0 Å². The fraction of sp³-hybridized carbons (Fsp3) is 0.529. The van der Waals surface area contributed by atoms with Crippen molar-refractivity contribution in [2.24, 2.45) is 7.05 Å². The Morgan fingerprint density at radius 2 is 2.04 bits per heavy atom. The number of hydrogen-bond acceptors (Lipinski definition) is 5. The fourth-order valence-corrected chi connectivity index (χ4v) is 6.72. The third kappa shape index (κ3) is 2.99. The molecule has 0 amide bonds. The van der Waals surface area contributed by atoms with E-state index in [0.717, 1.165) is 23.8 Å². The SMILES string of the molecule is Cn1c(S[C@@H]2CCCc3ccccc32)nnc1[C@H]1CCS(=O)(=O)C1. The van der Waals surface area contributed by atoms with Crippen LogP contribution in [0.15, 0.2) is 29.4 Å². The lowest BCUT2D eigenvalue weighted by Crippen LogP contribution is -2.10. The summed E-state index contributed by atoms with van der Waals surface area (Å²) in [6, 6.07) is 8.64. The number of thioether (sulfide) groups is 1. The first-order valence-electron chi connectivity index (χ1n) is 8.38. The molecule has 0 bridgehead atoms. The normalized spacial score (nSPS) is 25.5. The summed E-state index contributed by atoms with van der Waals surface area (Å²) >= 11 is 1.75. The summed E-state index contributed by atoms with van der Waals surface area (Å²) in [6.45, 7) is 0. The van der Waals surface area contributed by atoms with E-state index in [4.69, 9.17) is 0 Å². The molecule has 0 spiro atoms. The molecular weight excluding hydrogens is 342 g/mol. The third-order valence-electron chi connectivity index (χ3n) is 5.03. The first-order valence-corrected chi connectivity index (χ1v) is 11.1. The molecule has 1 saturated heterocycles. The van der Waals surface area contributed by atoms with E-state index in [1.165, 1.54) is 17.5 Å². The second kappa shape index (κ2) is 6.19. The Labute approximate surface area is 146 Å². The molecule has 2 heterocycles. The molecule has 1 aliphatic heterocycles. The van der Waals surface area contributed by atoms with Gasteiger partial charge in [-0.05, 0) is 36.8 Å². The van der Waals surface area contributed by atoms with Gasteiger partial charge in [0.25, 0.3) is 0 Å². The van der Waals surface area contributed by atoms with Crippen LogP contribution < -0.4 is 0 Å². The van der Waals surface area contributed by atoms with Crippen molar-refractivity contribution in [2.45, 2.75) is 42.0 Å². The zero-order valence-corrected chi connectivity index (χ0v) is 15.3. The van der Waals surface area contributed by atoms with Gasteiger partial charge in [0.05, 0.1) is 11.5 Å². The van der Waals surface area contributed by atoms with Crippen LogP contribution in [-0.2, 0) is 23.3 Å². The van der Waals surface area contributed by atoms with Gasteiger partial charge in [-0.25, -0.2) is 8.42 Å². The molecule has 0 radical (unpaired) electrons. The number of fused-ring (bicyclic) bond motifs is 1. The predicted molar refractivity (Wildman–Crippen MR) is 95.0 cm³/mol. The molecule has 24 heavy (non-hydrogen) atoms. The fourth-order valence-electron chi connectivity index (χ4n) is 3.74. The van der Waals surface area contributed by atoms with Crippen LogP contribution >= 0.6 is 11.8 Å². The Hall–Kier alpha value is -1.34. The summed E-state index contributed by atoms with van der Waals surface area (Å²) in [5, 5.41) is 9.95. The van der Waals surface area contributed by atoms with Crippen molar-refractivity contribution in [3.63, 3.8) is 0 Å². The molecule has 128 valence electrons. The Morgan fingerprint density at radius 3 is 2.83 bits per heavy atom. The van der Waals surface area contributed by atoms with Crippen LogP contribution in [0.1, 0.15) is 47.4 Å². The van der Waals surface area contributed by atoms with Crippen LogP contribution in [-0.4, -0.2) is 34.7 Å². The maximum atomic E-state index is 11.7. The van der Waals surface area contributed by atoms with Crippen molar-refractivity contribution in [3.8, 4) is 0 Å². The second-order valence-corrected chi connectivity index (χ2v) is 10.1. The molecule has 2 aromatic rings. The molecule has 0 unspecified atom stereocenters. The monoisotopic (exact) mass is 363 g/mol. The molecule has 0 N–H and O–H groups in total. The maximum absolute atomic E-state index is 11.7. The molecule has 2 atom stereocenters. The van der Waals surface area contributed by atoms with Gasteiger partial charge in [-0.1, -0.05) is 36.0 Å². The number of aryl methyl sites for hydroxylation is 1. The smallest absolute Gasteiger partial charge is 0.191 e. The molecule has 5 nitrogen and oxygen atoms in total. The van der Waals surface area contributed by atoms with Gasteiger partial charge >= 0.3 is 0 Å². The first-order chi connectivity index (χ1) is 11.5. The molecule has 2 aliphatic rings. The lowest BCUT2D eigenvalue weighted by molar-refractivity contribution is 0.599. The average Bonchev–Trinajstić information content (AvgIpc) is 3.10. The largest absolute Gasteiger partial charge is 0.309 e. The topological polar surface area (TPSA) is 64.8 Å². The van der Waals surface area contributed by atoms with E-state index in [1.54, 1.807) is 11.8 Å². The summed E-state index contributed by atoms with van der Waals surface area (Å²) in [6.07, 6.45) is 4.14. The van der Waals surface area contributed by atoms with Gasteiger partial charge in [-0.2, -0.15) is 0 Å². The minimum absolute atomic E-state index is 0.0134. The van der Waals surface area contributed by atoms with Crippen molar-refractivity contribution >= 4 is 21.6 Å². The summed E-state index contributed by atoms with van der Waals surface area (Å²) in [5.74, 6) is 1.27. The van der Waals surface area contributed by atoms with Crippen LogP contribution in [0.5, 0.6) is 0 Å². The highest BCUT2D eigenvalue weighted by Gasteiger charge is 2.33. The highest BCUT2D eigenvalue weighted by molar-refractivity contribution is 7.99. The van der Waals surface area contributed by atoms with Crippen LogP contribution in [0, 0.1) is 0 Å². The van der Waals surface area contributed by atoms with Gasteiger partial charge < -0.3 is 4.57 Å². The van der Waals surface area contributed by atoms with Gasteiger partial charge in [0.2, 0.25) is 0 Å². The van der Waals surface area contributed by atoms with Crippen LogP contribution in [0.25, 0.3) is 0 Å². The van der Waals surface area contributed by atoms with E-state index in [9.17, 15) is 8.42 Å². The van der Waals surface area contributed by atoms with Gasteiger partial charge in [0.1, 0.15) is 5.82 Å². The van der Waals surface area contributed by atoms with E-state index >= 15 is 0 Å². The van der Waals surface area contributed by atoms with Gasteiger partial charge in [-0.15, -0.1) is 10.2 Å². The number of sulfone groups is 1. The summed E-state index contributed by atoms with van der Waals surface area (Å²) in [5.41, 5.74) is 2.84. The second-order valence-electron chi connectivity index (χ2n) is 6.70. The van der Waals surface area contributed by atoms with Crippen molar-refractivity contribution in [1.29, 1.82) is 0 Å². The molecule has 7 heteroatoms. The minimum Gasteiger partial charge on any atom is -0.309 e. The van der Waals surface area contributed by atoms with E-state index in [0.29, 0.717) is 11.7 Å². The molecule has 1 aromatic carbocycles. The zero-order valence-electron chi connectivity index (χ0n) is 13.7. The lowest BCUT2D eigenvalue weighted by atomic mass is 9.91. The molecule has 4 rings (SSSR count). The molecule has 1 aliphatic carbocycles. The molecule has 0 saturated carbocycles. The Morgan fingerprint density at radius 1 is 1.21 bits per heavy atom. The average molecular weight is 364 g/mol. The quantitative estimate of drug-likeness (QED) is 0.839. The number of aromatic nitrogens is 3. The maximum Gasteiger partial charge on any atom is 0.191 e. The van der Waals surface area contributed by atoms with E-state index in [-0.39, 0.29) is 17.4 Å². The number of benzene rings is 1. The number of rotatable bonds is 3. The summed E-state index contributed by atoms with van der Waals surface area (Å²) in [7, 11) is -0.951. The van der Waals surface area contributed by atoms with E-state index < -0.39 is 9.84 Å². The van der Waals surface area contributed by atoms with Gasteiger partial charge in [0.15, 0.2) is 15.0 Å². The summed E-state index contributed by atoms with van der Waals surface area (Å²) < 4.78 is 25.4. The minimum atomic E-state index is -2.91. The predicted octanol–water partition coefficient (Wildman–Crippen LogP) is 2.89. The molecular formula is C17H21N3O2S2. The van der Waals surface area contributed by atoms with E-state index in [2.05, 4.69) is 34.5 Å². The standard InChI is InChI=1S/C17H21N3O2S2/c1-20-16(13-9-10-24(21,22)11-13)18-19-17(20)23-15-8-4-6-12-5-2-3-7-14(12)15/h2-3,5,7,13,15H,4,6,8-11H2,1H3/t13-,15+/m0/s1. The van der Waals surface area contributed by atoms with Crippen molar-refractivity contribution in [2.75, 3.05) is 11.5 Å². The zero-order chi connectivity index (χ0) is 16.7. The Balaban J connectivity index is 1.57. The molecule has 1 aromatic heterocycles. The van der Waals surface area contributed by atoms with Crippen molar-refractivity contribution in [3.05, 3.63) is 41.2 Å². The van der Waals surface area contributed by atoms with E-state index in [1.807, 2.05) is 11.6 Å². The highest BCUT2D eigenvalue weighted by atomic mass is 32.2. The summed E-state index contributed by atoms with van der Waals surface area (Å²) in [4.78, 5) is 0. The van der Waals surface area contributed by atoms with Crippen LogP contribution in [0.3, 0.4) is 0 Å². The third-order valence-corrected chi connectivity index (χ3v) is 8.14. The first kappa shape index (κ1) is 16.1. The van der Waals surface area contributed by atoms with Crippen molar-refractivity contribution < 1.29 is 8.42 Å².